The Balaban J connectivity index is 3.22. The second-order valence-corrected chi connectivity index (χ2v) is 7.39. The van der Waals surface area contributed by atoms with Gasteiger partial charge in [-0.05, 0) is 52.5 Å². The molecule has 0 aromatic heterocycles. The van der Waals surface area contributed by atoms with Crippen molar-refractivity contribution in [2.45, 2.75) is 117 Å². The van der Waals surface area contributed by atoms with Crippen molar-refractivity contribution in [1.29, 1.82) is 0 Å². The molecule has 0 amide bonds. The van der Waals surface area contributed by atoms with E-state index in [1.165, 1.54) is 83.5 Å². The van der Waals surface area contributed by atoms with E-state index in [9.17, 15) is 0 Å². The van der Waals surface area contributed by atoms with E-state index in [2.05, 4.69) is 45.2 Å². The highest BCUT2D eigenvalue weighted by molar-refractivity contribution is 4.81. The van der Waals surface area contributed by atoms with E-state index in [-0.39, 0.29) is 0 Å². The second kappa shape index (κ2) is 15.6. The van der Waals surface area contributed by atoms with E-state index in [0.29, 0.717) is 5.54 Å². The molecule has 0 saturated heterocycles. The van der Waals surface area contributed by atoms with Gasteiger partial charge in [-0.15, -0.1) is 0 Å². The maximum Gasteiger partial charge on any atom is 0.0125 e. The first-order chi connectivity index (χ1) is 10.6. The molecule has 132 valence electrons. The van der Waals surface area contributed by atoms with E-state index in [0.717, 1.165) is 6.54 Å². The van der Waals surface area contributed by atoms with Gasteiger partial charge in [-0.1, -0.05) is 77.4 Å². The first kappa shape index (κ1) is 21.7. The number of hydrogen-bond donors (Lipinski definition) is 1. The quantitative estimate of drug-likeness (QED) is 0.238. The summed E-state index contributed by atoms with van der Waals surface area (Å²) in [5, 5.41) is 3.56. The largest absolute Gasteiger partial charge is 0.312 e. The lowest BCUT2D eigenvalue weighted by molar-refractivity contribution is 0.355. The minimum absolute atomic E-state index is 0.330. The van der Waals surface area contributed by atoms with Gasteiger partial charge < -0.3 is 5.32 Å². The summed E-state index contributed by atoms with van der Waals surface area (Å²) in [7, 11) is 0. The van der Waals surface area contributed by atoms with Crippen LogP contribution in [0.4, 0.5) is 0 Å². The predicted molar refractivity (Wildman–Crippen MR) is 103 cm³/mol. The fourth-order valence-corrected chi connectivity index (χ4v) is 3.03. The number of nitrogens with one attached hydrogen (secondary N) is 1. The Morgan fingerprint density at radius 2 is 1.18 bits per heavy atom. The maximum atomic E-state index is 3.56. The average molecular weight is 310 g/mol. The lowest BCUT2D eigenvalue weighted by Crippen LogP contribution is -2.38. The van der Waals surface area contributed by atoms with Crippen LogP contribution in [0, 0.1) is 0 Å². The number of unbranched alkanes of at least 4 members (excludes halogenated alkanes) is 10. The molecule has 0 rings (SSSR count). The topological polar surface area (TPSA) is 12.0 Å². The molecule has 1 heteroatoms. The van der Waals surface area contributed by atoms with E-state index in [1.54, 1.807) is 0 Å². The molecular weight excluding hydrogens is 266 g/mol. The van der Waals surface area contributed by atoms with E-state index < -0.39 is 0 Å². The molecule has 0 spiro atoms. The third-order valence-corrected chi connectivity index (χ3v) is 4.47. The van der Waals surface area contributed by atoms with Crippen molar-refractivity contribution in [2.75, 3.05) is 6.54 Å². The summed E-state index contributed by atoms with van der Waals surface area (Å²) in [4.78, 5) is 0. The summed E-state index contributed by atoms with van der Waals surface area (Å²) in [6.45, 7) is 10.2. The Morgan fingerprint density at radius 3 is 1.73 bits per heavy atom. The monoisotopic (exact) mass is 309 g/mol. The van der Waals surface area contributed by atoms with Gasteiger partial charge in [0.25, 0.3) is 0 Å². The van der Waals surface area contributed by atoms with E-state index in [4.69, 9.17) is 0 Å². The fraction of sp³-hybridized carbons (Fsp3) is 0.905. The van der Waals surface area contributed by atoms with Gasteiger partial charge in [0.2, 0.25) is 0 Å². The predicted octanol–water partition coefficient (Wildman–Crippen LogP) is 7.02. The Hall–Kier alpha value is -0.300. The second-order valence-electron chi connectivity index (χ2n) is 7.39. The zero-order valence-electron chi connectivity index (χ0n) is 16.1. The van der Waals surface area contributed by atoms with E-state index in [1.807, 2.05) is 0 Å². The Bertz CT molecular complexity index is 242. The molecular formula is C21H43N. The van der Waals surface area contributed by atoms with Crippen LogP contribution in [0.1, 0.15) is 111 Å². The van der Waals surface area contributed by atoms with Gasteiger partial charge in [-0.25, -0.2) is 0 Å². The molecule has 0 aliphatic rings. The van der Waals surface area contributed by atoms with Crippen LogP contribution in [0.25, 0.3) is 0 Å². The van der Waals surface area contributed by atoms with Crippen LogP contribution < -0.4 is 5.32 Å². The van der Waals surface area contributed by atoms with Gasteiger partial charge in [0.05, 0.1) is 0 Å². The summed E-state index contributed by atoms with van der Waals surface area (Å²) in [5.41, 5.74) is 0.330. The fourth-order valence-electron chi connectivity index (χ4n) is 3.03. The van der Waals surface area contributed by atoms with Crippen LogP contribution in [0.15, 0.2) is 12.2 Å². The standard InChI is InChI=1S/C21H43N/c1-5-7-8-9-10-11-12-13-14-15-16-17-18-19-20-21(3,4)22-6-2/h11-12,22H,5-10,13-20H2,1-4H3. The van der Waals surface area contributed by atoms with Crippen molar-refractivity contribution in [3.05, 3.63) is 12.2 Å². The highest BCUT2D eigenvalue weighted by Gasteiger charge is 2.14. The van der Waals surface area contributed by atoms with Gasteiger partial charge in [0.15, 0.2) is 0 Å². The SMILES string of the molecule is CCCCCCC=CCCCCCCCCC(C)(C)NCC. The molecule has 0 atom stereocenters. The normalized spacial score (nSPS) is 12.4. The highest BCUT2D eigenvalue weighted by Crippen LogP contribution is 2.15. The van der Waals surface area contributed by atoms with Crippen LogP contribution in [-0.2, 0) is 0 Å². The van der Waals surface area contributed by atoms with Crippen molar-refractivity contribution < 1.29 is 0 Å². The van der Waals surface area contributed by atoms with Crippen molar-refractivity contribution in [3.63, 3.8) is 0 Å². The van der Waals surface area contributed by atoms with Gasteiger partial charge in [0.1, 0.15) is 0 Å². The van der Waals surface area contributed by atoms with Crippen LogP contribution in [0.2, 0.25) is 0 Å². The zero-order valence-corrected chi connectivity index (χ0v) is 16.1. The first-order valence-electron chi connectivity index (χ1n) is 10.0. The molecule has 0 aliphatic heterocycles. The van der Waals surface area contributed by atoms with Crippen LogP contribution in [0.3, 0.4) is 0 Å². The molecule has 0 aliphatic carbocycles. The Kier molecular flexibility index (Phi) is 15.4. The van der Waals surface area contributed by atoms with Crippen LogP contribution in [0.5, 0.6) is 0 Å². The van der Waals surface area contributed by atoms with E-state index >= 15 is 0 Å². The van der Waals surface area contributed by atoms with Crippen molar-refractivity contribution >= 4 is 0 Å². The molecule has 1 N–H and O–H groups in total. The lowest BCUT2D eigenvalue weighted by atomic mass is 9.96. The molecule has 1 nitrogen and oxygen atoms in total. The molecule has 0 radical (unpaired) electrons. The number of rotatable bonds is 16. The summed E-state index contributed by atoms with van der Waals surface area (Å²) in [5.74, 6) is 0. The Morgan fingerprint density at radius 1 is 0.682 bits per heavy atom. The van der Waals surface area contributed by atoms with Gasteiger partial charge in [0, 0.05) is 5.54 Å². The molecule has 0 unspecified atom stereocenters. The minimum atomic E-state index is 0.330. The number of allylic oxidation sites excluding steroid dienone is 2. The van der Waals surface area contributed by atoms with Crippen LogP contribution in [-0.4, -0.2) is 12.1 Å². The molecule has 0 heterocycles. The lowest BCUT2D eigenvalue weighted by Gasteiger charge is -2.25. The smallest absolute Gasteiger partial charge is 0.0125 e. The minimum Gasteiger partial charge on any atom is -0.312 e. The average Bonchev–Trinajstić information content (AvgIpc) is 2.47. The number of hydrogen-bond acceptors (Lipinski definition) is 1. The van der Waals surface area contributed by atoms with Crippen molar-refractivity contribution in [2.24, 2.45) is 0 Å². The Labute approximate surface area is 141 Å². The molecule has 0 fully saturated rings. The molecule has 22 heavy (non-hydrogen) atoms. The molecule has 0 aromatic rings. The van der Waals surface area contributed by atoms with Gasteiger partial charge >= 0.3 is 0 Å². The molecule has 0 aromatic carbocycles. The van der Waals surface area contributed by atoms with Gasteiger partial charge in [-0.2, -0.15) is 0 Å². The first-order valence-corrected chi connectivity index (χ1v) is 10.0. The summed E-state index contributed by atoms with van der Waals surface area (Å²) in [6.07, 6.45) is 22.7. The van der Waals surface area contributed by atoms with Crippen LogP contribution >= 0.6 is 0 Å². The summed E-state index contributed by atoms with van der Waals surface area (Å²) < 4.78 is 0. The molecule has 0 bridgehead atoms. The highest BCUT2D eigenvalue weighted by atomic mass is 14.9. The summed E-state index contributed by atoms with van der Waals surface area (Å²) in [6, 6.07) is 0. The third-order valence-electron chi connectivity index (χ3n) is 4.47. The van der Waals surface area contributed by atoms with Gasteiger partial charge in [-0.3, -0.25) is 0 Å². The summed E-state index contributed by atoms with van der Waals surface area (Å²) >= 11 is 0. The molecule has 0 saturated carbocycles. The zero-order chi connectivity index (χ0) is 16.5. The van der Waals surface area contributed by atoms with Crippen molar-refractivity contribution in [1.82, 2.24) is 5.32 Å². The maximum absolute atomic E-state index is 3.56. The van der Waals surface area contributed by atoms with Crippen molar-refractivity contribution in [3.8, 4) is 0 Å². The third kappa shape index (κ3) is 16.1.